The summed E-state index contributed by atoms with van der Waals surface area (Å²) in [7, 11) is -2.84. The van der Waals surface area contributed by atoms with E-state index in [1.807, 2.05) is 0 Å². The van der Waals surface area contributed by atoms with Crippen LogP contribution in [-0.2, 0) is 47.0 Å². The number of carbonyl (C=O) groups is 6. The van der Waals surface area contributed by atoms with Crippen LogP contribution in [0.5, 0.6) is 5.88 Å². The smallest absolute Gasteiger partial charge is 0.324 e. The molecule has 6 amide bonds. The first-order chi connectivity index (χ1) is 29.2. The molecule has 318 valence electrons. The van der Waals surface area contributed by atoms with Crippen molar-refractivity contribution in [3.8, 4) is 5.88 Å². The van der Waals surface area contributed by atoms with Crippen LogP contribution in [-0.4, -0.2) is 83.3 Å². The summed E-state index contributed by atoms with van der Waals surface area (Å²) in [4.78, 5) is 95.2. The number of ether oxygens (including phenoxy) is 1. The summed E-state index contributed by atoms with van der Waals surface area (Å²) < 4.78 is 33.9. The molecule has 0 aliphatic carbocycles. The fourth-order valence-corrected chi connectivity index (χ4v) is 8.16. The summed E-state index contributed by atoms with van der Waals surface area (Å²) in [6, 6.07) is 12.3. The second-order valence-corrected chi connectivity index (χ2v) is 16.5. The highest BCUT2D eigenvalue weighted by Gasteiger charge is 2.40. The molecule has 22 heteroatoms. The fraction of sp³-hybridized carbons (Fsp3) is 0.282. The second-order valence-electron chi connectivity index (χ2n) is 13.7. The van der Waals surface area contributed by atoms with Gasteiger partial charge in [0.25, 0.3) is 21.8 Å². The van der Waals surface area contributed by atoms with Crippen molar-refractivity contribution in [3.05, 3.63) is 98.7 Å². The predicted molar refractivity (Wildman–Crippen MR) is 221 cm³/mol. The number of methoxy groups -OCH3 is 1. The van der Waals surface area contributed by atoms with E-state index in [0.29, 0.717) is 52.5 Å². The molecule has 1 fully saturated rings. The molecule has 6 rings (SSSR count). The maximum atomic E-state index is 13.1. The van der Waals surface area contributed by atoms with E-state index in [-0.39, 0.29) is 83.9 Å². The Labute approximate surface area is 352 Å². The minimum atomic E-state index is -4.15. The Kier molecular flexibility index (Phi) is 13.8. The highest BCUT2D eigenvalue weighted by molar-refractivity contribution is 7.92. The lowest BCUT2D eigenvalue weighted by molar-refractivity contribution is -0.380. The third-order valence-electron chi connectivity index (χ3n) is 9.43. The van der Waals surface area contributed by atoms with Crippen molar-refractivity contribution >= 4 is 85.1 Å². The lowest BCUT2D eigenvalue weighted by Gasteiger charge is -2.29. The molecular formula is C39H39N9O11S2. The number of piperidine rings is 1. The third kappa shape index (κ3) is 11.2. The topological polar surface area (TPSA) is 278 Å². The maximum absolute atomic E-state index is 13.1. The number of benzene rings is 2. The zero-order valence-electron chi connectivity index (χ0n) is 32.5. The van der Waals surface area contributed by atoms with Crippen LogP contribution in [0, 0.1) is 10.1 Å². The number of thiophene rings is 1. The molecule has 2 aromatic carbocycles. The van der Waals surface area contributed by atoms with Gasteiger partial charge in [0.05, 0.1) is 28.8 Å². The van der Waals surface area contributed by atoms with Crippen LogP contribution in [0.4, 0.5) is 22.2 Å². The molecule has 2 aromatic heterocycles. The van der Waals surface area contributed by atoms with Gasteiger partial charge in [-0.15, -0.1) is 0 Å². The van der Waals surface area contributed by atoms with E-state index in [2.05, 4.69) is 36.0 Å². The molecule has 5 N–H and O–H groups in total. The van der Waals surface area contributed by atoms with Crippen molar-refractivity contribution in [2.24, 2.45) is 0 Å². The average molecular weight is 874 g/mol. The molecular weight excluding hydrogens is 835 g/mol. The van der Waals surface area contributed by atoms with Gasteiger partial charge in [-0.25, -0.2) is 18.4 Å². The van der Waals surface area contributed by atoms with Gasteiger partial charge in [0.2, 0.25) is 35.4 Å². The number of fused-ring (bicyclic) bond motifs is 1. The third-order valence-corrected chi connectivity index (χ3v) is 11.8. The monoisotopic (exact) mass is 873 g/mol. The number of hydrogen-bond donors (Lipinski definition) is 5. The maximum Gasteiger partial charge on any atom is 0.324 e. The Morgan fingerprint density at radius 1 is 1.03 bits per heavy atom. The molecule has 0 bridgehead atoms. The largest absolute Gasteiger partial charge is 0.478 e. The lowest BCUT2D eigenvalue weighted by Crippen LogP contribution is -2.52. The van der Waals surface area contributed by atoms with Crippen molar-refractivity contribution in [3.63, 3.8) is 0 Å². The van der Waals surface area contributed by atoms with E-state index in [1.165, 1.54) is 66.8 Å². The summed E-state index contributed by atoms with van der Waals surface area (Å²) in [6.45, 7) is 0.405. The van der Waals surface area contributed by atoms with E-state index in [4.69, 9.17) is 4.74 Å². The summed E-state index contributed by atoms with van der Waals surface area (Å²) >= 11 is 0.912. The highest BCUT2D eigenvalue weighted by atomic mass is 32.2. The van der Waals surface area contributed by atoms with Crippen LogP contribution < -0.4 is 30.7 Å². The molecule has 1 saturated heterocycles. The van der Waals surface area contributed by atoms with E-state index in [0.717, 1.165) is 11.3 Å². The Morgan fingerprint density at radius 3 is 2.52 bits per heavy atom. The number of amides is 6. The van der Waals surface area contributed by atoms with Crippen molar-refractivity contribution < 1.29 is 46.8 Å². The van der Waals surface area contributed by atoms with Gasteiger partial charge in [-0.05, 0) is 74.2 Å². The molecule has 2 aliphatic rings. The molecule has 0 spiro atoms. The highest BCUT2D eigenvalue weighted by Crippen LogP contribution is 2.33. The fourth-order valence-electron chi connectivity index (χ4n) is 6.43. The summed E-state index contributed by atoms with van der Waals surface area (Å²) in [6.07, 6.45) is 5.60. The summed E-state index contributed by atoms with van der Waals surface area (Å²) in [5, 5.41) is 21.2. The average Bonchev–Trinajstić information content (AvgIpc) is 3.84. The standard InChI is InChI=1S/C39H39N9O11S2/c1-59-38-36(46-61(57,58)26-14-10-23(11-15-26)42-33(51)17-12-25-13-19-35(60-25)48(55)56)41-21-24(43-38)5-4-20-40-31(49)8-3-9-32(50)44-29-7-2-6-27-28(29)22-47(39(27)54)30-16-18-34(52)45-37(30)53/h2,6-7,10-15,17,19,21,30H,3-5,8-9,16,18,20,22H2,1H3,(H,40,49)(H,41,46)(H,42,51)(H,44,50)(H,45,52,53)/b17-12+. The van der Waals surface area contributed by atoms with Crippen LogP contribution >= 0.6 is 11.3 Å². The van der Waals surface area contributed by atoms with Crippen molar-refractivity contribution in [2.45, 2.75) is 62.4 Å². The Morgan fingerprint density at radius 2 is 1.80 bits per heavy atom. The predicted octanol–water partition coefficient (Wildman–Crippen LogP) is 3.53. The molecule has 4 heterocycles. The zero-order chi connectivity index (χ0) is 43.7. The number of hydrogen-bond acceptors (Lipinski definition) is 14. The molecule has 20 nitrogen and oxygen atoms in total. The summed E-state index contributed by atoms with van der Waals surface area (Å²) in [5.74, 6) is -2.62. The van der Waals surface area contributed by atoms with Crippen molar-refractivity contribution in [1.82, 2.24) is 25.5 Å². The number of rotatable bonds is 18. The Balaban J connectivity index is 0.905. The van der Waals surface area contributed by atoms with Crippen LogP contribution in [0.2, 0.25) is 0 Å². The van der Waals surface area contributed by atoms with Gasteiger partial charge in [-0.2, -0.15) is 0 Å². The lowest BCUT2D eigenvalue weighted by atomic mass is 10.0. The van der Waals surface area contributed by atoms with Gasteiger partial charge >= 0.3 is 5.00 Å². The zero-order valence-corrected chi connectivity index (χ0v) is 34.1. The molecule has 0 saturated carbocycles. The number of imide groups is 1. The number of nitrogens with one attached hydrogen (secondary N) is 5. The van der Waals surface area contributed by atoms with Gasteiger partial charge in [0.15, 0.2) is 0 Å². The number of nitrogens with zero attached hydrogens (tertiary/aromatic N) is 4. The Hall–Kier alpha value is -7.07. The van der Waals surface area contributed by atoms with Crippen molar-refractivity contribution in [2.75, 3.05) is 29.0 Å². The number of aromatic nitrogens is 2. The first kappa shape index (κ1) is 43.5. The molecule has 0 radical (unpaired) electrons. The quantitative estimate of drug-likeness (QED) is 0.0315. The number of sulfonamides is 1. The first-order valence-corrected chi connectivity index (χ1v) is 21.1. The number of aryl methyl sites for hydroxylation is 1. The van der Waals surface area contributed by atoms with Crippen molar-refractivity contribution in [1.29, 1.82) is 0 Å². The van der Waals surface area contributed by atoms with Gasteiger partial charge in [0.1, 0.15) is 6.04 Å². The van der Waals surface area contributed by atoms with Gasteiger partial charge in [0, 0.05) is 71.9 Å². The van der Waals surface area contributed by atoms with Gasteiger partial charge in [-0.1, -0.05) is 17.4 Å². The molecule has 61 heavy (non-hydrogen) atoms. The van der Waals surface area contributed by atoms with Gasteiger partial charge in [-0.3, -0.25) is 48.9 Å². The van der Waals surface area contributed by atoms with Crippen LogP contribution in [0.3, 0.4) is 0 Å². The minimum Gasteiger partial charge on any atom is -0.478 e. The first-order valence-electron chi connectivity index (χ1n) is 18.8. The summed E-state index contributed by atoms with van der Waals surface area (Å²) in [5.41, 5.74) is 2.17. The van der Waals surface area contributed by atoms with Crippen LogP contribution in [0.15, 0.2) is 71.8 Å². The number of anilines is 3. The van der Waals surface area contributed by atoms with E-state index in [9.17, 15) is 47.3 Å². The normalized spacial score (nSPS) is 14.9. The molecule has 4 aromatic rings. The molecule has 1 unspecified atom stereocenters. The molecule has 2 aliphatic heterocycles. The SMILES string of the molecule is COc1nc(CCCNC(=O)CCCC(=O)Nc2cccc3c2CN(C2CCC(=O)NC2=O)C3=O)cnc1NS(=O)(=O)c1ccc(NC(=O)/C=C/c2ccc([N+](=O)[O-])s2)cc1. The van der Waals surface area contributed by atoms with Gasteiger partial charge < -0.3 is 25.6 Å². The van der Waals surface area contributed by atoms with Crippen LogP contribution in [0.1, 0.15) is 65.0 Å². The number of carbonyl (C=O) groups excluding carboxylic acids is 6. The van der Waals surface area contributed by atoms with E-state index in [1.54, 1.807) is 18.2 Å². The number of nitro groups is 1. The second kappa shape index (κ2) is 19.3. The molecule has 1 atom stereocenters. The van der Waals surface area contributed by atoms with E-state index >= 15 is 0 Å². The van der Waals surface area contributed by atoms with E-state index < -0.39 is 32.8 Å². The Bertz CT molecular complexity index is 2520. The minimum absolute atomic E-state index is 0.0455. The van der Waals surface area contributed by atoms with Crippen LogP contribution in [0.25, 0.3) is 6.08 Å².